The van der Waals surface area contributed by atoms with Gasteiger partial charge in [0.1, 0.15) is 11.4 Å². The fourth-order valence-electron chi connectivity index (χ4n) is 3.10. The molecule has 112 valence electrons. The number of aromatic nitrogens is 2. The number of carboxylic acids is 1. The molecule has 2 rings (SSSR count). The lowest BCUT2D eigenvalue weighted by molar-refractivity contribution is 0.0696. The Morgan fingerprint density at radius 2 is 2.10 bits per heavy atom. The van der Waals surface area contributed by atoms with E-state index in [2.05, 4.69) is 28.9 Å². The maximum atomic E-state index is 11.6. The van der Waals surface area contributed by atoms with Gasteiger partial charge in [-0.3, -0.25) is 4.68 Å². The summed E-state index contributed by atoms with van der Waals surface area (Å²) in [6.45, 7) is 6.80. The van der Waals surface area contributed by atoms with E-state index in [1.165, 1.54) is 0 Å². The van der Waals surface area contributed by atoms with Gasteiger partial charge in [0.25, 0.3) is 0 Å². The summed E-state index contributed by atoms with van der Waals surface area (Å²) in [6, 6.07) is 0.329. The molecule has 0 aliphatic carbocycles. The molecular weight excluding hydrogens is 256 g/mol. The molecule has 0 aromatic carbocycles. The third-order valence-corrected chi connectivity index (χ3v) is 4.05. The van der Waals surface area contributed by atoms with Crippen LogP contribution in [-0.2, 0) is 7.05 Å². The minimum absolute atomic E-state index is 0.329. The van der Waals surface area contributed by atoms with Crippen molar-refractivity contribution in [3.05, 3.63) is 11.3 Å². The summed E-state index contributed by atoms with van der Waals surface area (Å²) in [5.74, 6) is -0.143. The number of anilines is 1. The van der Waals surface area contributed by atoms with E-state index in [0.29, 0.717) is 17.3 Å². The number of rotatable bonds is 3. The Bertz CT molecular complexity index is 498. The molecule has 0 bridgehead atoms. The smallest absolute Gasteiger partial charge is 0.341 e. The van der Waals surface area contributed by atoms with Crippen molar-refractivity contribution in [2.45, 2.75) is 32.7 Å². The molecule has 0 amide bonds. The van der Waals surface area contributed by atoms with Gasteiger partial charge in [-0.1, -0.05) is 6.92 Å². The first-order valence-corrected chi connectivity index (χ1v) is 7.17. The third kappa shape index (κ3) is 2.65. The highest BCUT2D eigenvalue weighted by Gasteiger charge is 2.30. The number of nitrogens with zero attached hydrogens (tertiary/aromatic N) is 4. The van der Waals surface area contributed by atoms with Gasteiger partial charge in [-0.2, -0.15) is 5.10 Å². The zero-order chi connectivity index (χ0) is 14.9. The molecule has 1 unspecified atom stereocenters. The highest BCUT2D eigenvalue weighted by molar-refractivity contribution is 5.95. The molecule has 0 saturated carbocycles. The van der Waals surface area contributed by atoms with Crippen molar-refractivity contribution >= 4 is 11.8 Å². The molecule has 20 heavy (non-hydrogen) atoms. The monoisotopic (exact) mass is 280 g/mol. The Hall–Kier alpha value is -1.56. The maximum Gasteiger partial charge on any atom is 0.341 e. The Morgan fingerprint density at radius 3 is 2.70 bits per heavy atom. The van der Waals surface area contributed by atoms with Crippen molar-refractivity contribution in [1.82, 2.24) is 14.7 Å². The largest absolute Gasteiger partial charge is 0.477 e. The van der Waals surface area contributed by atoms with E-state index in [-0.39, 0.29) is 0 Å². The van der Waals surface area contributed by atoms with Crippen LogP contribution in [0.1, 0.15) is 35.8 Å². The summed E-state index contributed by atoms with van der Waals surface area (Å²) >= 11 is 0. The number of aryl methyl sites for hydroxylation is 2. The summed E-state index contributed by atoms with van der Waals surface area (Å²) in [5.41, 5.74) is 0.929. The van der Waals surface area contributed by atoms with Gasteiger partial charge in [0.15, 0.2) is 0 Å². The predicted molar refractivity (Wildman–Crippen MR) is 78.4 cm³/mol. The van der Waals surface area contributed by atoms with E-state index in [9.17, 15) is 9.90 Å². The molecule has 1 aromatic rings. The first-order chi connectivity index (χ1) is 9.45. The van der Waals surface area contributed by atoms with Crippen LogP contribution in [-0.4, -0.2) is 58.5 Å². The fourth-order valence-corrected chi connectivity index (χ4v) is 3.10. The third-order valence-electron chi connectivity index (χ3n) is 4.05. The molecule has 6 heteroatoms. The van der Waals surface area contributed by atoms with Crippen molar-refractivity contribution in [2.75, 3.05) is 31.6 Å². The molecule has 1 N–H and O–H groups in total. The average molecular weight is 280 g/mol. The summed E-state index contributed by atoms with van der Waals surface area (Å²) in [5, 5.41) is 13.8. The second kappa shape index (κ2) is 5.83. The van der Waals surface area contributed by atoms with Crippen LogP contribution in [0, 0.1) is 6.92 Å². The second-order valence-electron chi connectivity index (χ2n) is 5.58. The van der Waals surface area contributed by atoms with Crippen LogP contribution in [0.2, 0.25) is 0 Å². The molecule has 1 atom stereocenters. The highest BCUT2D eigenvalue weighted by Crippen LogP contribution is 2.27. The summed E-state index contributed by atoms with van der Waals surface area (Å²) in [4.78, 5) is 16.1. The molecule has 2 heterocycles. The van der Waals surface area contributed by atoms with Gasteiger partial charge in [0.05, 0.1) is 5.69 Å². The van der Waals surface area contributed by atoms with Gasteiger partial charge in [-0.05, 0) is 33.4 Å². The van der Waals surface area contributed by atoms with Crippen LogP contribution in [0.25, 0.3) is 0 Å². The van der Waals surface area contributed by atoms with E-state index in [1.807, 2.05) is 7.05 Å². The van der Waals surface area contributed by atoms with Gasteiger partial charge in [0.2, 0.25) is 0 Å². The lowest BCUT2D eigenvalue weighted by atomic mass is 10.1. The first-order valence-electron chi connectivity index (χ1n) is 7.17. The SMILES string of the molecule is CCC1CN(C)CCCN1c1c(C(=O)O)c(C)nn1C. The summed E-state index contributed by atoms with van der Waals surface area (Å²) in [7, 11) is 3.95. The van der Waals surface area contributed by atoms with E-state index >= 15 is 0 Å². The maximum absolute atomic E-state index is 11.6. The lowest BCUT2D eigenvalue weighted by Gasteiger charge is -2.32. The topological polar surface area (TPSA) is 61.6 Å². The van der Waals surface area contributed by atoms with Crippen LogP contribution in [0.4, 0.5) is 5.82 Å². The van der Waals surface area contributed by atoms with Crippen molar-refractivity contribution in [2.24, 2.45) is 7.05 Å². The number of hydrogen-bond acceptors (Lipinski definition) is 4. The van der Waals surface area contributed by atoms with Gasteiger partial charge in [0, 0.05) is 26.2 Å². The molecule has 1 saturated heterocycles. The van der Waals surface area contributed by atoms with Gasteiger partial charge in [-0.25, -0.2) is 4.79 Å². The Kier molecular flexibility index (Phi) is 4.32. The van der Waals surface area contributed by atoms with Gasteiger partial charge in [-0.15, -0.1) is 0 Å². The van der Waals surface area contributed by atoms with Crippen molar-refractivity contribution in [1.29, 1.82) is 0 Å². The second-order valence-corrected chi connectivity index (χ2v) is 5.58. The van der Waals surface area contributed by atoms with E-state index in [1.54, 1.807) is 11.6 Å². The van der Waals surface area contributed by atoms with E-state index in [4.69, 9.17) is 0 Å². The van der Waals surface area contributed by atoms with Gasteiger partial charge >= 0.3 is 5.97 Å². The molecule has 1 fully saturated rings. The van der Waals surface area contributed by atoms with E-state index in [0.717, 1.165) is 38.3 Å². The molecular formula is C14H24N4O2. The summed E-state index contributed by atoms with van der Waals surface area (Å²) in [6.07, 6.45) is 2.03. The molecule has 1 aliphatic heterocycles. The van der Waals surface area contributed by atoms with Crippen molar-refractivity contribution in [3.63, 3.8) is 0 Å². The molecule has 6 nitrogen and oxygen atoms in total. The summed E-state index contributed by atoms with van der Waals surface area (Å²) < 4.78 is 1.72. The normalized spacial score (nSPS) is 21.0. The molecule has 0 radical (unpaired) electrons. The fraction of sp³-hybridized carbons (Fsp3) is 0.714. The quantitative estimate of drug-likeness (QED) is 0.905. The minimum Gasteiger partial charge on any atom is -0.477 e. The van der Waals surface area contributed by atoms with Crippen LogP contribution in [0.15, 0.2) is 0 Å². The first kappa shape index (κ1) is 14.8. The Labute approximate surface area is 120 Å². The zero-order valence-corrected chi connectivity index (χ0v) is 12.8. The molecule has 0 spiro atoms. The Balaban J connectivity index is 2.45. The Morgan fingerprint density at radius 1 is 1.40 bits per heavy atom. The number of carboxylic acid groups (broad SMARTS) is 1. The number of aromatic carboxylic acids is 1. The van der Waals surface area contributed by atoms with Crippen LogP contribution in [0.3, 0.4) is 0 Å². The zero-order valence-electron chi connectivity index (χ0n) is 12.8. The van der Waals surface area contributed by atoms with Crippen LogP contribution in [0.5, 0.6) is 0 Å². The van der Waals surface area contributed by atoms with Gasteiger partial charge < -0.3 is 14.9 Å². The standard InChI is InChI=1S/C14H24N4O2/c1-5-11-9-16(3)7-6-8-18(11)13-12(14(19)20)10(2)15-17(13)4/h11H,5-9H2,1-4H3,(H,19,20). The van der Waals surface area contributed by atoms with Crippen molar-refractivity contribution in [3.8, 4) is 0 Å². The lowest BCUT2D eigenvalue weighted by Crippen LogP contribution is -2.41. The number of likely N-dealkylation sites (N-methyl/N-ethyl adjacent to an activating group) is 1. The molecule has 1 aliphatic rings. The predicted octanol–water partition coefficient (Wildman–Crippen LogP) is 1.35. The molecule has 1 aromatic heterocycles. The van der Waals surface area contributed by atoms with Crippen LogP contribution >= 0.6 is 0 Å². The van der Waals surface area contributed by atoms with E-state index < -0.39 is 5.97 Å². The number of carbonyl (C=O) groups is 1. The van der Waals surface area contributed by atoms with Crippen molar-refractivity contribution < 1.29 is 9.90 Å². The minimum atomic E-state index is -0.891. The number of hydrogen-bond donors (Lipinski definition) is 1. The average Bonchev–Trinajstić information content (AvgIpc) is 2.56. The highest BCUT2D eigenvalue weighted by atomic mass is 16.4. The van der Waals surface area contributed by atoms with Crippen LogP contribution < -0.4 is 4.90 Å².